The largest absolute Gasteiger partial charge is 0.489 e. The molecule has 194 valence electrons. The van der Waals surface area contributed by atoms with Crippen LogP contribution < -0.4 is 19.9 Å². The van der Waals surface area contributed by atoms with Gasteiger partial charge in [-0.25, -0.2) is 4.79 Å². The van der Waals surface area contributed by atoms with Crippen LogP contribution in [0.3, 0.4) is 0 Å². The van der Waals surface area contributed by atoms with Crippen molar-refractivity contribution in [3.8, 4) is 23.3 Å². The normalized spacial score (nSPS) is 14.2. The third kappa shape index (κ3) is 5.67. The molecule has 1 atom stereocenters. The van der Waals surface area contributed by atoms with Crippen molar-refractivity contribution < 1.29 is 19.0 Å². The standard InChI is InChI=1S/C30H19Cl3N2O4/c31-19-8-10-22(26(33)13-19)30(36)38-21-9-11-23-27(14-21)39-29(35)24(15-34)28(23)17-5-3-6-20(12-17)37-16-18-4-1-2-7-25(18)32/h1-14,28H,16,35H2. The maximum atomic E-state index is 12.7. The second-order valence-corrected chi connectivity index (χ2v) is 9.84. The Morgan fingerprint density at radius 2 is 1.74 bits per heavy atom. The van der Waals surface area contributed by atoms with Gasteiger partial charge >= 0.3 is 5.97 Å². The Kier molecular flexibility index (Phi) is 7.67. The Labute approximate surface area is 239 Å². The Morgan fingerprint density at radius 3 is 2.51 bits per heavy atom. The predicted molar refractivity (Wildman–Crippen MR) is 149 cm³/mol. The molecular formula is C30H19Cl3N2O4. The first kappa shape index (κ1) is 26.5. The first-order chi connectivity index (χ1) is 18.8. The van der Waals surface area contributed by atoms with Crippen molar-refractivity contribution in [3.63, 3.8) is 0 Å². The van der Waals surface area contributed by atoms with Crippen LogP contribution >= 0.6 is 34.8 Å². The van der Waals surface area contributed by atoms with Crippen LogP contribution in [0, 0.1) is 11.3 Å². The summed E-state index contributed by atoms with van der Waals surface area (Å²) in [6.07, 6.45) is 0. The van der Waals surface area contributed by atoms with Crippen LogP contribution in [0.15, 0.2) is 96.4 Å². The first-order valence-corrected chi connectivity index (χ1v) is 12.8. The number of hydrogen-bond acceptors (Lipinski definition) is 6. The zero-order valence-corrected chi connectivity index (χ0v) is 22.4. The number of benzene rings is 4. The number of nitriles is 1. The fourth-order valence-electron chi connectivity index (χ4n) is 4.22. The van der Waals surface area contributed by atoms with Crippen LogP contribution in [0.1, 0.15) is 33.0 Å². The van der Waals surface area contributed by atoms with Gasteiger partial charge in [0.2, 0.25) is 5.88 Å². The number of halogens is 3. The molecule has 0 saturated heterocycles. The van der Waals surface area contributed by atoms with Crippen LogP contribution in [0.5, 0.6) is 17.2 Å². The molecule has 0 spiro atoms. The fraction of sp³-hybridized carbons (Fsp3) is 0.0667. The molecule has 39 heavy (non-hydrogen) atoms. The first-order valence-electron chi connectivity index (χ1n) is 11.7. The van der Waals surface area contributed by atoms with Gasteiger partial charge in [0.05, 0.1) is 16.5 Å². The number of fused-ring (bicyclic) bond motifs is 1. The quantitative estimate of drug-likeness (QED) is 0.187. The van der Waals surface area contributed by atoms with Crippen molar-refractivity contribution in [1.82, 2.24) is 0 Å². The summed E-state index contributed by atoms with van der Waals surface area (Å²) < 4.78 is 17.3. The summed E-state index contributed by atoms with van der Waals surface area (Å²) in [5.74, 6) is -0.0603. The maximum absolute atomic E-state index is 12.7. The minimum absolute atomic E-state index is 0.0402. The van der Waals surface area contributed by atoms with Crippen molar-refractivity contribution in [2.75, 3.05) is 0 Å². The summed E-state index contributed by atoms with van der Waals surface area (Å²) in [5.41, 5.74) is 8.86. The van der Waals surface area contributed by atoms with Gasteiger partial charge in [-0.2, -0.15) is 5.26 Å². The number of ether oxygens (including phenoxy) is 3. The molecule has 0 amide bonds. The SMILES string of the molecule is N#CC1=C(N)Oc2cc(OC(=O)c3ccc(Cl)cc3Cl)ccc2C1c1cccc(OCc2ccccc2Cl)c1. The lowest BCUT2D eigenvalue weighted by Gasteiger charge is -2.27. The van der Waals surface area contributed by atoms with Gasteiger partial charge in [-0.05, 0) is 48.0 Å². The highest BCUT2D eigenvalue weighted by atomic mass is 35.5. The third-order valence-electron chi connectivity index (χ3n) is 6.10. The molecule has 1 aliphatic rings. The number of allylic oxidation sites excluding steroid dienone is 1. The molecule has 4 aromatic carbocycles. The van der Waals surface area contributed by atoms with E-state index in [1.54, 1.807) is 30.3 Å². The van der Waals surface area contributed by atoms with E-state index in [0.717, 1.165) is 11.1 Å². The molecule has 0 aliphatic carbocycles. The monoisotopic (exact) mass is 576 g/mol. The molecule has 6 nitrogen and oxygen atoms in total. The lowest BCUT2D eigenvalue weighted by molar-refractivity contribution is 0.0734. The average Bonchev–Trinajstić information content (AvgIpc) is 2.92. The molecule has 1 aliphatic heterocycles. The number of carbonyl (C=O) groups is 1. The molecule has 9 heteroatoms. The Balaban J connectivity index is 1.43. The summed E-state index contributed by atoms with van der Waals surface area (Å²) in [4.78, 5) is 12.7. The highest BCUT2D eigenvalue weighted by Gasteiger charge is 2.31. The number of carbonyl (C=O) groups excluding carboxylic acids is 1. The number of nitrogens with zero attached hydrogens (tertiary/aromatic N) is 1. The smallest absolute Gasteiger partial charge is 0.345 e. The molecule has 0 aromatic heterocycles. The summed E-state index contributed by atoms with van der Waals surface area (Å²) in [6.45, 7) is 0.281. The van der Waals surface area contributed by atoms with Crippen LogP contribution in [0.25, 0.3) is 0 Å². The van der Waals surface area contributed by atoms with E-state index >= 15 is 0 Å². The van der Waals surface area contributed by atoms with E-state index < -0.39 is 11.9 Å². The second-order valence-electron chi connectivity index (χ2n) is 8.59. The average molecular weight is 578 g/mol. The molecule has 0 fully saturated rings. The predicted octanol–water partition coefficient (Wildman–Crippen LogP) is 7.66. The van der Waals surface area contributed by atoms with Crippen LogP contribution in [0.4, 0.5) is 0 Å². The summed E-state index contributed by atoms with van der Waals surface area (Å²) in [6, 6.07) is 26.4. The van der Waals surface area contributed by atoms with E-state index in [2.05, 4.69) is 6.07 Å². The van der Waals surface area contributed by atoms with Crippen LogP contribution in [-0.2, 0) is 6.61 Å². The zero-order chi connectivity index (χ0) is 27.5. The lowest BCUT2D eigenvalue weighted by atomic mass is 9.83. The van der Waals surface area contributed by atoms with Gasteiger partial charge in [-0.1, -0.05) is 71.2 Å². The molecule has 0 bridgehead atoms. The molecule has 0 saturated carbocycles. The summed E-state index contributed by atoms with van der Waals surface area (Å²) in [5, 5.41) is 11.1. The van der Waals surface area contributed by atoms with Crippen molar-refractivity contribution in [2.24, 2.45) is 5.73 Å². The molecule has 1 unspecified atom stereocenters. The number of esters is 1. The van der Waals surface area contributed by atoms with Crippen LogP contribution in [-0.4, -0.2) is 5.97 Å². The third-order valence-corrected chi connectivity index (χ3v) is 7.01. The van der Waals surface area contributed by atoms with Crippen molar-refractivity contribution in [3.05, 3.63) is 134 Å². The van der Waals surface area contributed by atoms with Gasteiger partial charge in [0.1, 0.15) is 35.5 Å². The van der Waals surface area contributed by atoms with Crippen molar-refractivity contribution in [1.29, 1.82) is 5.26 Å². The Morgan fingerprint density at radius 1 is 0.923 bits per heavy atom. The Hall–Kier alpha value is -4.15. The van der Waals surface area contributed by atoms with E-state index in [9.17, 15) is 10.1 Å². The molecule has 0 radical (unpaired) electrons. The van der Waals surface area contributed by atoms with E-state index in [1.165, 1.54) is 12.1 Å². The molecule has 1 heterocycles. The maximum Gasteiger partial charge on any atom is 0.345 e. The number of hydrogen-bond donors (Lipinski definition) is 1. The van der Waals surface area contributed by atoms with Gasteiger partial charge < -0.3 is 19.9 Å². The van der Waals surface area contributed by atoms with E-state index in [0.29, 0.717) is 27.1 Å². The highest BCUT2D eigenvalue weighted by Crippen LogP contribution is 2.44. The topological polar surface area (TPSA) is 94.6 Å². The number of rotatable bonds is 6. The molecule has 2 N–H and O–H groups in total. The van der Waals surface area contributed by atoms with Gasteiger partial charge in [-0.15, -0.1) is 0 Å². The van der Waals surface area contributed by atoms with Gasteiger partial charge in [0.15, 0.2) is 0 Å². The van der Waals surface area contributed by atoms with Crippen molar-refractivity contribution in [2.45, 2.75) is 12.5 Å². The minimum atomic E-state index is -0.659. The fourth-order valence-corrected chi connectivity index (χ4v) is 4.90. The Bertz CT molecular complexity index is 1660. The zero-order valence-electron chi connectivity index (χ0n) is 20.2. The van der Waals surface area contributed by atoms with Crippen LogP contribution in [0.2, 0.25) is 15.1 Å². The highest BCUT2D eigenvalue weighted by molar-refractivity contribution is 6.36. The minimum Gasteiger partial charge on any atom is -0.489 e. The summed E-state index contributed by atoms with van der Waals surface area (Å²) >= 11 is 18.3. The lowest BCUT2D eigenvalue weighted by Crippen LogP contribution is -2.21. The van der Waals surface area contributed by atoms with E-state index in [-0.39, 0.29) is 34.4 Å². The second kappa shape index (κ2) is 11.3. The number of nitrogens with two attached hydrogens (primary N) is 1. The van der Waals surface area contributed by atoms with Gasteiger partial charge in [0, 0.05) is 27.2 Å². The summed E-state index contributed by atoms with van der Waals surface area (Å²) in [7, 11) is 0. The molecular weight excluding hydrogens is 559 g/mol. The van der Waals surface area contributed by atoms with E-state index in [1.807, 2.05) is 42.5 Å². The van der Waals surface area contributed by atoms with Gasteiger partial charge in [0.25, 0.3) is 0 Å². The molecule has 5 rings (SSSR count). The molecule has 4 aromatic rings. The van der Waals surface area contributed by atoms with Crippen molar-refractivity contribution >= 4 is 40.8 Å². The van der Waals surface area contributed by atoms with E-state index in [4.69, 9.17) is 54.7 Å². The van der Waals surface area contributed by atoms with Gasteiger partial charge in [-0.3, -0.25) is 0 Å².